The van der Waals surface area contributed by atoms with Gasteiger partial charge in [0.25, 0.3) is 0 Å². The van der Waals surface area contributed by atoms with Gasteiger partial charge in [-0.05, 0) is 24.3 Å². The van der Waals surface area contributed by atoms with Crippen molar-refractivity contribution in [3.05, 3.63) is 46.6 Å². The highest BCUT2D eigenvalue weighted by Crippen LogP contribution is 2.42. The lowest BCUT2D eigenvalue weighted by Gasteiger charge is -2.39. The van der Waals surface area contributed by atoms with Crippen LogP contribution in [0.3, 0.4) is 0 Å². The highest BCUT2D eigenvalue weighted by Gasteiger charge is 2.45. The number of ether oxygens (including phenoxy) is 2. The fraction of sp³-hybridized carbons (Fsp3) is 0.286. The van der Waals surface area contributed by atoms with Gasteiger partial charge in [-0.25, -0.2) is 0 Å². The molecule has 3 aromatic rings. The van der Waals surface area contributed by atoms with E-state index < -0.39 is 60.0 Å². The first-order valence-corrected chi connectivity index (χ1v) is 9.50. The average Bonchev–Trinajstić information content (AvgIpc) is 2.76. The third-order valence-electron chi connectivity index (χ3n) is 5.15. The predicted octanol–water partition coefficient (Wildman–Crippen LogP) is -0.245. The average molecular weight is 448 g/mol. The number of benzene rings is 2. The Morgan fingerprint density at radius 2 is 1.59 bits per heavy atom. The summed E-state index contributed by atoms with van der Waals surface area (Å²) in [5.41, 5.74) is -0.663. The Hall–Kier alpha value is -3.35. The highest BCUT2D eigenvalue weighted by atomic mass is 16.7. The molecule has 5 atom stereocenters. The number of aliphatic hydroxyl groups is 4. The molecule has 0 saturated carbocycles. The van der Waals surface area contributed by atoms with Crippen molar-refractivity contribution >= 4 is 11.0 Å². The van der Waals surface area contributed by atoms with E-state index in [-0.39, 0.29) is 22.5 Å². The highest BCUT2D eigenvalue weighted by molar-refractivity contribution is 5.91. The molecule has 170 valence electrons. The van der Waals surface area contributed by atoms with Crippen molar-refractivity contribution in [1.82, 2.24) is 0 Å². The molecule has 2 aromatic carbocycles. The van der Waals surface area contributed by atoms with Crippen LogP contribution in [0.5, 0.6) is 23.0 Å². The minimum absolute atomic E-state index is 0.0150. The van der Waals surface area contributed by atoms with Crippen LogP contribution >= 0.6 is 0 Å². The Balaban J connectivity index is 1.83. The predicted molar refractivity (Wildman–Crippen MR) is 107 cm³/mol. The molecule has 0 radical (unpaired) electrons. The molecule has 11 heteroatoms. The Labute approximate surface area is 179 Å². The maximum absolute atomic E-state index is 12.7. The van der Waals surface area contributed by atoms with E-state index >= 15 is 0 Å². The smallest absolute Gasteiger partial charge is 0.229 e. The van der Waals surface area contributed by atoms with E-state index in [1.165, 1.54) is 24.3 Å². The van der Waals surface area contributed by atoms with Crippen LogP contribution in [0.25, 0.3) is 22.3 Å². The maximum atomic E-state index is 12.7. The number of hydrogen-bond acceptors (Lipinski definition) is 11. The molecule has 5 unspecified atom stereocenters. The Morgan fingerprint density at radius 1 is 0.906 bits per heavy atom. The second-order valence-corrected chi connectivity index (χ2v) is 7.28. The van der Waals surface area contributed by atoms with Gasteiger partial charge in [-0.3, -0.25) is 4.79 Å². The van der Waals surface area contributed by atoms with Gasteiger partial charge in [0.1, 0.15) is 47.1 Å². The number of rotatable bonds is 4. The minimum Gasteiger partial charge on any atom is -0.508 e. The molecule has 11 nitrogen and oxygen atoms in total. The van der Waals surface area contributed by atoms with Crippen LogP contribution in [0, 0.1) is 0 Å². The van der Waals surface area contributed by atoms with Crippen molar-refractivity contribution in [3.8, 4) is 34.3 Å². The largest absolute Gasteiger partial charge is 0.508 e. The monoisotopic (exact) mass is 448 g/mol. The molecule has 1 aliphatic heterocycles. The second kappa shape index (κ2) is 8.30. The Kier molecular flexibility index (Phi) is 5.67. The van der Waals surface area contributed by atoms with Crippen LogP contribution in [0.2, 0.25) is 0 Å². The summed E-state index contributed by atoms with van der Waals surface area (Å²) in [5, 5.41) is 69.1. The van der Waals surface area contributed by atoms with Gasteiger partial charge in [-0.2, -0.15) is 0 Å². The summed E-state index contributed by atoms with van der Waals surface area (Å²) in [6.07, 6.45) is -8.10. The van der Waals surface area contributed by atoms with E-state index in [9.17, 15) is 40.5 Å². The quantitative estimate of drug-likeness (QED) is 0.279. The zero-order valence-corrected chi connectivity index (χ0v) is 16.3. The summed E-state index contributed by atoms with van der Waals surface area (Å²) in [4.78, 5) is 12.7. The molecule has 0 amide bonds. The van der Waals surface area contributed by atoms with E-state index in [1.54, 1.807) is 0 Å². The molecule has 1 aliphatic rings. The molecule has 0 bridgehead atoms. The summed E-state index contributed by atoms with van der Waals surface area (Å²) in [6.45, 7) is -0.701. The van der Waals surface area contributed by atoms with Gasteiger partial charge in [-0.1, -0.05) is 0 Å². The van der Waals surface area contributed by atoms with Crippen LogP contribution in [-0.4, -0.2) is 73.1 Å². The normalized spacial score (nSPS) is 25.7. The van der Waals surface area contributed by atoms with Crippen LogP contribution in [0.15, 0.2) is 45.6 Å². The lowest BCUT2D eigenvalue weighted by Crippen LogP contribution is -2.60. The van der Waals surface area contributed by atoms with Crippen LogP contribution in [0.1, 0.15) is 0 Å². The van der Waals surface area contributed by atoms with Gasteiger partial charge in [0.2, 0.25) is 12.0 Å². The first-order valence-electron chi connectivity index (χ1n) is 9.50. The van der Waals surface area contributed by atoms with Crippen molar-refractivity contribution in [1.29, 1.82) is 0 Å². The summed E-state index contributed by atoms with van der Waals surface area (Å²) < 4.78 is 16.5. The number of hydrogen-bond donors (Lipinski definition) is 7. The van der Waals surface area contributed by atoms with Gasteiger partial charge >= 0.3 is 0 Å². The van der Waals surface area contributed by atoms with Gasteiger partial charge in [0, 0.05) is 17.7 Å². The lowest BCUT2D eigenvalue weighted by molar-refractivity contribution is -0.277. The van der Waals surface area contributed by atoms with E-state index in [0.29, 0.717) is 5.56 Å². The summed E-state index contributed by atoms with van der Waals surface area (Å²) in [7, 11) is 0. The summed E-state index contributed by atoms with van der Waals surface area (Å²) in [5.74, 6) is -1.74. The van der Waals surface area contributed by atoms with Gasteiger partial charge < -0.3 is 49.6 Å². The number of aromatic hydroxyl groups is 3. The second-order valence-electron chi connectivity index (χ2n) is 7.28. The summed E-state index contributed by atoms with van der Waals surface area (Å²) in [6, 6.07) is 7.61. The molecule has 32 heavy (non-hydrogen) atoms. The molecular weight excluding hydrogens is 428 g/mol. The minimum atomic E-state index is -1.79. The molecule has 1 fully saturated rings. The SMILES string of the molecule is O=c1cc(-c2ccc(O)cc2)oc2c(OC3OC(CO)C(O)C(O)C3O)c(O)cc(O)c12. The number of fused-ring (bicyclic) bond motifs is 1. The lowest BCUT2D eigenvalue weighted by atomic mass is 9.99. The zero-order chi connectivity index (χ0) is 23.2. The molecule has 2 heterocycles. The van der Waals surface area contributed by atoms with Crippen molar-refractivity contribution < 1.29 is 49.6 Å². The fourth-order valence-electron chi connectivity index (χ4n) is 3.44. The van der Waals surface area contributed by atoms with Crippen molar-refractivity contribution in [2.45, 2.75) is 30.7 Å². The molecule has 4 rings (SSSR count). The third-order valence-corrected chi connectivity index (χ3v) is 5.15. The van der Waals surface area contributed by atoms with Crippen LogP contribution in [-0.2, 0) is 4.74 Å². The maximum Gasteiger partial charge on any atom is 0.229 e. The molecule has 1 aromatic heterocycles. The van der Waals surface area contributed by atoms with Crippen molar-refractivity contribution in [2.75, 3.05) is 6.61 Å². The topological polar surface area (TPSA) is 190 Å². The van der Waals surface area contributed by atoms with E-state index in [0.717, 1.165) is 12.1 Å². The van der Waals surface area contributed by atoms with Gasteiger partial charge in [0.15, 0.2) is 16.8 Å². The Morgan fingerprint density at radius 3 is 2.25 bits per heavy atom. The van der Waals surface area contributed by atoms with Crippen LogP contribution < -0.4 is 10.2 Å². The molecule has 0 aliphatic carbocycles. The number of phenols is 3. The third kappa shape index (κ3) is 3.72. The van der Waals surface area contributed by atoms with E-state index in [2.05, 4.69) is 0 Å². The first kappa shape index (κ1) is 21.9. The standard InChI is InChI=1S/C21H20O11/c22-7-14-16(27)17(28)18(29)21(31-14)32-19-12(26)5-10(24)15-11(25)6-13(30-20(15)19)8-1-3-9(23)4-2-8/h1-6,14,16-18,21-24,26-29H,7H2. The molecule has 7 N–H and O–H groups in total. The number of aliphatic hydroxyl groups excluding tert-OH is 4. The van der Waals surface area contributed by atoms with Crippen molar-refractivity contribution in [3.63, 3.8) is 0 Å². The van der Waals surface area contributed by atoms with E-state index in [1.807, 2.05) is 0 Å². The first-order chi connectivity index (χ1) is 15.2. The summed E-state index contributed by atoms with van der Waals surface area (Å²) >= 11 is 0. The van der Waals surface area contributed by atoms with E-state index in [4.69, 9.17) is 13.9 Å². The fourth-order valence-corrected chi connectivity index (χ4v) is 3.44. The van der Waals surface area contributed by atoms with Gasteiger partial charge in [-0.15, -0.1) is 0 Å². The molecule has 0 spiro atoms. The van der Waals surface area contributed by atoms with Crippen molar-refractivity contribution in [2.24, 2.45) is 0 Å². The Bertz CT molecular complexity index is 1190. The number of phenolic OH excluding ortho intramolecular Hbond substituents is 3. The zero-order valence-electron chi connectivity index (χ0n) is 16.3. The molecular formula is C21H20O11. The van der Waals surface area contributed by atoms with Crippen LogP contribution in [0.4, 0.5) is 0 Å². The molecule has 1 saturated heterocycles. The van der Waals surface area contributed by atoms with Gasteiger partial charge in [0.05, 0.1) is 6.61 Å².